The second-order valence-electron chi connectivity index (χ2n) is 5.52. The minimum atomic E-state index is -0.188. The Morgan fingerprint density at radius 3 is 2.26 bits per heavy atom. The van der Waals surface area contributed by atoms with Crippen LogP contribution in [-0.4, -0.2) is 9.97 Å². The van der Waals surface area contributed by atoms with Crippen LogP contribution in [0.25, 0.3) is 11.4 Å². The number of halogens is 1. The van der Waals surface area contributed by atoms with Crippen LogP contribution < -0.4 is 12.4 Å². The zero-order valence-corrected chi connectivity index (χ0v) is 16.0. The van der Waals surface area contributed by atoms with Crippen LogP contribution in [0.4, 0.5) is 0 Å². The summed E-state index contributed by atoms with van der Waals surface area (Å²) in [5.74, 6) is 0. The smallest absolute Gasteiger partial charge is 0.0889 e. The Bertz CT molecular complexity index is 731. The van der Waals surface area contributed by atoms with Crippen LogP contribution in [0.5, 0.6) is 0 Å². The van der Waals surface area contributed by atoms with Crippen molar-refractivity contribution in [2.75, 3.05) is 0 Å². The molecule has 0 aliphatic heterocycles. The first-order valence-corrected chi connectivity index (χ1v) is 7.04. The van der Waals surface area contributed by atoms with Crippen molar-refractivity contribution in [3.63, 3.8) is 0 Å². The molecule has 0 N–H and O–H groups in total. The van der Waals surface area contributed by atoms with E-state index in [1.807, 2.05) is 48.5 Å². The van der Waals surface area contributed by atoms with Crippen molar-refractivity contribution in [1.82, 2.24) is 9.97 Å². The van der Waals surface area contributed by atoms with Crippen LogP contribution in [0.1, 0.15) is 25.1 Å². The third-order valence-electron chi connectivity index (χ3n) is 3.70. The summed E-state index contributed by atoms with van der Waals surface area (Å²) in [6.45, 7) is 4.34. The fraction of sp³-hybridized carbons (Fsp3) is 0.158. The first kappa shape index (κ1) is 19.5. The van der Waals surface area contributed by atoms with Gasteiger partial charge in [-0.1, -0.05) is 50.2 Å². The Kier molecular flexibility index (Phi) is 7.12. The first-order valence-electron chi connectivity index (χ1n) is 7.04. The molecule has 2 heterocycles. The number of nitrogens with zero attached hydrogens (tertiary/aromatic N) is 2. The average molecular weight is 504 g/mol. The zero-order chi connectivity index (χ0) is 14.7. The molecular weight excluding hydrogens is 487 g/mol. The summed E-state index contributed by atoms with van der Waals surface area (Å²) in [5, 5.41) is 0. The van der Waals surface area contributed by atoms with Gasteiger partial charge in [0.1, 0.15) is 0 Å². The number of rotatable bonds is 3. The summed E-state index contributed by atoms with van der Waals surface area (Å²) in [6, 6.07) is 23.3. The molecule has 2 aromatic heterocycles. The van der Waals surface area contributed by atoms with Crippen molar-refractivity contribution in [2.24, 2.45) is 0 Å². The minimum absolute atomic E-state index is 0. The molecule has 0 bridgehead atoms. The third kappa shape index (κ3) is 4.28. The van der Waals surface area contributed by atoms with E-state index in [4.69, 9.17) is 4.98 Å². The molecule has 0 amide bonds. The molecule has 23 heavy (non-hydrogen) atoms. The third-order valence-corrected chi connectivity index (χ3v) is 3.70. The van der Waals surface area contributed by atoms with Gasteiger partial charge in [-0.2, -0.15) is 0 Å². The van der Waals surface area contributed by atoms with Crippen molar-refractivity contribution in [1.29, 1.82) is 0 Å². The van der Waals surface area contributed by atoms with Gasteiger partial charge in [-0.05, 0) is 35.9 Å². The van der Waals surface area contributed by atoms with Crippen LogP contribution in [-0.2, 0) is 26.5 Å². The summed E-state index contributed by atoms with van der Waals surface area (Å²) >= 11 is 0. The van der Waals surface area contributed by atoms with E-state index in [0.29, 0.717) is 0 Å². The normalized spacial score (nSPS) is 10.3. The second-order valence-corrected chi connectivity index (χ2v) is 5.52. The average Bonchev–Trinajstić information content (AvgIpc) is 2.57. The first-order chi connectivity index (χ1) is 10.2. The van der Waals surface area contributed by atoms with E-state index in [0.717, 1.165) is 22.6 Å². The van der Waals surface area contributed by atoms with E-state index < -0.39 is 0 Å². The SMILES string of the molecule is CC(C)(c1[c]cccc1)c1cccc(-c2ccccn2)n1.[Cl-].[Pt]. The van der Waals surface area contributed by atoms with Crippen LogP contribution >= 0.6 is 0 Å². The van der Waals surface area contributed by atoms with Crippen molar-refractivity contribution in [3.05, 3.63) is 84.2 Å². The molecule has 1 radical (unpaired) electrons. The summed E-state index contributed by atoms with van der Waals surface area (Å²) < 4.78 is 0. The molecule has 121 valence electrons. The minimum Gasteiger partial charge on any atom is -1.00 e. The zero-order valence-electron chi connectivity index (χ0n) is 12.9. The van der Waals surface area contributed by atoms with Crippen molar-refractivity contribution >= 4 is 0 Å². The molecule has 3 rings (SSSR count). The largest absolute Gasteiger partial charge is 1.00 e. The fourth-order valence-corrected chi connectivity index (χ4v) is 2.36. The predicted octanol–water partition coefficient (Wildman–Crippen LogP) is 1.27. The standard InChI is InChI=1S/C19H17N2.ClH.Pt/c1-19(2,15-9-4-3-5-10-15)18-13-8-12-17(21-18)16-11-6-7-14-20-16;;/h3-9,11-14H,1-2H3;1H;/p-1. The molecule has 0 saturated heterocycles. The molecule has 0 aliphatic rings. The predicted molar refractivity (Wildman–Crippen MR) is 84.9 cm³/mol. The molecule has 0 atom stereocenters. The number of pyridine rings is 2. The maximum Gasteiger partial charge on any atom is 0.0889 e. The number of aromatic nitrogens is 2. The second kappa shape index (κ2) is 8.38. The molecule has 0 fully saturated rings. The van der Waals surface area contributed by atoms with Crippen LogP contribution in [0.2, 0.25) is 0 Å². The Morgan fingerprint density at radius 2 is 1.61 bits per heavy atom. The van der Waals surface area contributed by atoms with Gasteiger partial charge in [0.15, 0.2) is 0 Å². The molecule has 1 aromatic carbocycles. The van der Waals surface area contributed by atoms with E-state index in [2.05, 4.69) is 37.0 Å². The van der Waals surface area contributed by atoms with E-state index >= 15 is 0 Å². The Hall–Kier alpha value is -1.50. The molecular formula is C19H17ClN2Pt-. The van der Waals surface area contributed by atoms with Crippen LogP contribution in [0.3, 0.4) is 0 Å². The topological polar surface area (TPSA) is 25.8 Å². The quantitative estimate of drug-likeness (QED) is 0.538. The Morgan fingerprint density at radius 1 is 0.870 bits per heavy atom. The number of benzene rings is 1. The monoisotopic (exact) mass is 503 g/mol. The summed E-state index contributed by atoms with van der Waals surface area (Å²) in [7, 11) is 0. The van der Waals surface area contributed by atoms with Gasteiger partial charge < -0.3 is 12.4 Å². The van der Waals surface area contributed by atoms with Gasteiger partial charge in [-0.15, -0.1) is 0 Å². The van der Waals surface area contributed by atoms with Crippen LogP contribution in [0.15, 0.2) is 66.9 Å². The van der Waals surface area contributed by atoms with Crippen molar-refractivity contribution < 1.29 is 33.5 Å². The maximum absolute atomic E-state index is 4.81. The number of hydrogen-bond acceptors (Lipinski definition) is 2. The molecule has 4 heteroatoms. The van der Waals surface area contributed by atoms with Gasteiger partial charge in [0.2, 0.25) is 0 Å². The maximum atomic E-state index is 4.81. The van der Waals surface area contributed by atoms with Gasteiger partial charge in [0.25, 0.3) is 0 Å². The van der Waals surface area contributed by atoms with E-state index in [-0.39, 0.29) is 38.9 Å². The molecule has 2 nitrogen and oxygen atoms in total. The van der Waals surface area contributed by atoms with Gasteiger partial charge in [0.05, 0.1) is 17.1 Å². The molecule has 0 aliphatic carbocycles. The van der Waals surface area contributed by atoms with Crippen molar-refractivity contribution in [3.8, 4) is 11.4 Å². The number of hydrogen-bond donors (Lipinski definition) is 0. The molecule has 0 unspecified atom stereocenters. The van der Waals surface area contributed by atoms with Crippen molar-refractivity contribution in [2.45, 2.75) is 19.3 Å². The van der Waals surface area contributed by atoms with Gasteiger partial charge in [0, 0.05) is 32.7 Å². The Balaban J connectivity index is 0.00000132. The molecule has 0 saturated carbocycles. The van der Waals surface area contributed by atoms with E-state index in [1.54, 1.807) is 6.20 Å². The van der Waals surface area contributed by atoms with E-state index in [9.17, 15) is 0 Å². The van der Waals surface area contributed by atoms with Gasteiger partial charge >= 0.3 is 0 Å². The van der Waals surface area contributed by atoms with Gasteiger partial charge in [-0.25, -0.2) is 0 Å². The van der Waals surface area contributed by atoms with Gasteiger partial charge in [-0.3, -0.25) is 9.97 Å². The fourth-order valence-electron chi connectivity index (χ4n) is 2.36. The summed E-state index contributed by atoms with van der Waals surface area (Å²) in [4.78, 5) is 9.18. The summed E-state index contributed by atoms with van der Waals surface area (Å²) in [5.41, 5.74) is 3.76. The van der Waals surface area contributed by atoms with E-state index in [1.165, 1.54) is 0 Å². The van der Waals surface area contributed by atoms with Crippen LogP contribution in [0, 0.1) is 6.07 Å². The molecule has 0 spiro atoms. The molecule has 3 aromatic rings. The summed E-state index contributed by atoms with van der Waals surface area (Å²) in [6.07, 6.45) is 1.79. The Labute approximate surface area is 158 Å².